The summed E-state index contributed by atoms with van der Waals surface area (Å²) in [5.41, 5.74) is 2.03. The third-order valence-electron chi connectivity index (χ3n) is 2.20. The van der Waals surface area contributed by atoms with Gasteiger partial charge in [-0.3, -0.25) is 14.9 Å². The molecule has 0 spiro atoms. The minimum Gasteiger partial charge on any atom is -0.325 e. The van der Waals surface area contributed by atoms with Gasteiger partial charge in [0.1, 0.15) is 11.3 Å². The average Bonchev–Trinajstić information content (AvgIpc) is 2.94. The van der Waals surface area contributed by atoms with Gasteiger partial charge in [-0.2, -0.15) is 0 Å². The number of carbonyl (C=O) groups is 2. The van der Waals surface area contributed by atoms with E-state index in [1.807, 2.05) is 0 Å². The van der Waals surface area contributed by atoms with E-state index in [0.717, 1.165) is 0 Å². The van der Waals surface area contributed by atoms with E-state index in [4.69, 9.17) is 0 Å². The summed E-state index contributed by atoms with van der Waals surface area (Å²) in [7, 11) is 0. The van der Waals surface area contributed by atoms with Gasteiger partial charge in [0.2, 0.25) is 16.9 Å². The van der Waals surface area contributed by atoms with Crippen molar-refractivity contribution in [3.8, 4) is 0 Å². The Hall–Kier alpha value is -2.00. The minimum atomic E-state index is -0.365. The lowest BCUT2D eigenvalue weighted by Gasteiger charge is -2.05. The first kappa shape index (κ1) is 15.4. The van der Waals surface area contributed by atoms with Gasteiger partial charge in [-0.1, -0.05) is 11.3 Å². The summed E-state index contributed by atoms with van der Waals surface area (Å²) in [6, 6.07) is 5.47. The number of amides is 2. The van der Waals surface area contributed by atoms with Crippen LogP contribution in [0.5, 0.6) is 0 Å². The summed E-state index contributed by atoms with van der Waals surface area (Å²) in [4.78, 5) is 23.1. The molecular formula is C12H11FN4O2S2. The molecule has 2 amide bonds. The highest BCUT2D eigenvalue weighted by Crippen LogP contribution is 2.11. The van der Waals surface area contributed by atoms with Crippen LogP contribution in [0.25, 0.3) is 0 Å². The third-order valence-corrected chi connectivity index (χ3v) is 3.74. The van der Waals surface area contributed by atoms with E-state index in [2.05, 4.69) is 20.8 Å². The van der Waals surface area contributed by atoms with Crippen LogP contribution in [0.2, 0.25) is 0 Å². The number of benzene rings is 1. The summed E-state index contributed by atoms with van der Waals surface area (Å²) >= 11 is 2.39. The SMILES string of the molecule is O=C(CSCC(=O)Nc1nncs1)Nc1ccc(F)cc1. The molecule has 1 aromatic carbocycles. The van der Waals surface area contributed by atoms with Gasteiger partial charge in [-0.05, 0) is 24.3 Å². The Morgan fingerprint density at radius 1 is 1.14 bits per heavy atom. The molecule has 0 saturated carbocycles. The largest absolute Gasteiger partial charge is 0.325 e. The number of hydrogen-bond acceptors (Lipinski definition) is 6. The van der Waals surface area contributed by atoms with Crippen molar-refractivity contribution in [2.75, 3.05) is 22.1 Å². The average molecular weight is 326 g/mol. The van der Waals surface area contributed by atoms with E-state index in [1.165, 1.54) is 52.9 Å². The molecule has 1 aromatic heterocycles. The minimum absolute atomic E-state index is 0.126. The Kier molecular flexibility index (Phi) is 5.64. The smallest absolute Gasteiger partial charge is 0.236 e. The molecule has 2 rings (SSSR count). The molecular weight excluding hydrogens is 315 g/mol. The molecule has 0 saturated heterocycles. The Morgan fingerprint density at radius 2 is 1.81 bits per heavy atom. The number of anilines is 2. The molecule has 2 aromatic rings. The van der Waals surface area contributed by atoms with E-state index in [0.29, 0.717) is 10.8 Å². The van der Waals surface area contributed by atoms with Crippen LogP contribution in [0.1, 0.15) is 0 Å². The maximum Gasteiger partial charge on any atom is 0.236 e. The fraction of sp³-hybridized carbons (Fsp3) is 0.167. The predicted molar refractivity (Wildman–Crippen MR) is 80.9 cm³/mol. The Morgan fingerprint density at radius 3 is 2.43 bits per heavy atom. The Balaban J connectivity index is 1.67. The number of carbonyl (C=O) groups excluding carboxylic acids is 2. The van der Waals surface area contributed by atoms with Crippen LogP contribution in [0.15, 0.2) is 29.8 Å². The number of aromatic nitrogens is 2. The molecule has 1 heterocycles. The highest BCUT2D eigenvalue weighted by Gasteiger charge is 2.07. The van der Waals surface area contributed by atoms with Crippen molar-refractivity contribution in [3.63, 3.8) is 0 Å². The third kappa shape index (κ3) is 5.48. The molecule has 21 heavy (non-hydrogen) atoms. The van der Waals surface area contributed by atoms with E-state index in [9.17, 15) is 14.0 Å². The maximum atomic E-state index is 12.7. The first-order chi connectivity index (χ1) is 10.1. The van der Waals surface area contributed by atoms with E-state index < -0.39 is 0 Å². The van der Waals surface area contributed by atoms with Crippen molar-refractivity contribution in [2.24, 2.45) is 0 Å². The molecule has 2 N–H and O–H groups in total. The molecule has 9 heteroatoms. The van der Waals surface area contributed by atoms with Crippen LogP contribution >= 0.6 is 23.1 Å². The lowest BCUT2D eigenvalue weighted by molar-refractivity contribution is -0.114. The zero-order valence-corrected chi connectivity index (χ0v) is 12.3. The lowest BCUT2D eigenvalue weighted by Crippen LogP contribution is -2.18. The second-order valence-corrected chi connectivity index (χ2v) is 5.66. The van der Waals surface area contributed by atoms with Gasteiger partial charge in [-0.25, -0.2) is 4.39 Å². The lowest BCUT2D eigenvalue weighted by atomic mass is 10.3. The fourth-order valence-corrected chi connectivity index (χ4v) is 2.43. The van der Waals surface area contributed by atoms with Crippen molar-refractivity contribution in [2.45, 2.75) is 0 Å². The predicted octanol–water partition coefficient (Wildman–Crippen LogP) is 1.99. The second kappa shape index (κ2) is 7.70. The Labute approximate surface area is 128 Å². The van der Waals surface area contributed by atoms with E-state index in [-0.39, 0.29) is 29.1 Å². The van der Waals surface area contributed by atoms with E-state index in [1.54, 1.807) is 0 Å². The van der Waals surface area contributed by atoms with Crippen LogP contribution in [0, 0.1) is 5.82 Å². The van der Waals surface area contributed by atoms with Crippen LogP contribution < -0.4 is 10.6 Å². The zero-order chi connectivity index (χ0) is 15.1. The normalized spacial score (nSPS) is 10.1. The van der Waals surface area contributed by atoms with E-state index >= 15 is 0 Å². The number of rotatable bonds is 6. The van der Waals surface area contributed by atoms with Crippen molar-refractivity contribution in [3.05, 3.63) is 35.6 Å². The number of halogens is 1. The molecule has 0 unspecified atom stereocenters. The highest BCUT2D eigenvalue weighted by atomic mass is 32.2. The highest BCUT2D eigenvalue weighted by molar-refractivity contribution is 8.00. The van der Waals surface area contributed by atoms with Crippen LogP contribution in [-0.2, 0) is 9.59 Å². The molecule has 0 atom stereocenters. The van der Waals surface area contributed by atoms with Gasteiger partial charge < -0.3 is 5.32 Å². The quantitative estimate of drug-likeness (QED) is 0.848. The van der Waals surface area contributed by atoms with Gasteiger partial charge in [0, 0.05) is 5.69 Å². The summed E-state index contributed by atoms with van der Waals surface area (Å²) < 4.78 is 12.7. The molecule has 0 aliphatic heterocycles. The molecule has 0 fully saturated rings. The molecule has 6 nitrogen and oxygen atoms in total. The number of nitrogens with one attached hydrogen (secondary N) is 2. The first-order valence-electron chi connectivity index (χ1n) is 5.82. The first-order valence-corrected chi connectivity index (χ1v) is 7.86. The number of hydrogen-bond donors (Lipinski definition) is 2. The van der Waals surface area contributed by atoms with Crippen molar-refractivity contribution in [1.82, 2.24) is 10.2 Å². The summed E-state index contributed by atoms with van der Waals surface area (Å²) in [5.74, 6) is -0.602. The number of thioether (sulfide) groups is 1. The fourth-order valence-electron chi connectivity index (χ4n) is 1.35. The summed E-state index contributed by atoms with van der Waals surface area (Å²) in [6.45, 7) is 0. The van der Waals surface area contributed by atoms with Crippen molar-refractivity contribution < 1.29 is 14.0 Å². The zero-order valence-electron chi connectivity index (χ0n) is 10.7. The molecule has 0 aliphatic rings. The summed E-state index contributed by atoms with van der Waals surface area (Å²) in [5, 5.41) is 12.9. The Bertz CT molecular complexity index is 604. The molecule has 0 aliphatic carbocycles. The molecule has 0 radical (unpaired) electrons. The summed E-state index contributed by atoms with van der Waals surface area (Å²) in [6.07, 6.45) is 0. The van der Waals surface area contributed by atoms with Gasteiger partial charge in [0.05, 0.1) is 11.5 Å². The topological polar surface area (TPSA) is 84.0 Å². The standard InChI is InChI=1S/C12H11FN4O2S2/c13-8-1-3-9(4-2-8)15-10(18)5-20-6-11(19)16-12-17-14-7-21-12/h1-4,7H,5-6H2,(H,15,18)(H,16,17,19). The van der Waals surface area contributed by atoms with Crippen LogP contribution in [0.4, 0.5) is 15.2 Å². The monoisotopic (exact) mass is 326 g/mol. The second-order valence-electron chi connectivity index (χ2n) is 3.84. The number of nitrogens with zero attached hydrogens (tertiary/aromatic N) is 2. The van der Waals surface area contributed by atoms with Crippen molar-refractivity contribution >= 4 is 45.7 Å². The van der Waals surface area contributed by atoms with Gasteiger partial charge in [0.15, 0.2) is 0 Å². The van der Waals surface area contributed by atoms with Gasteiger partial charge >= 0.3 is 0 Å². The molecule has 110 valence electrons. The van der Waals surface area contributed by atoms with Crippen LogP contribution in [-0.4, -0.2) is 33.5 Å². The van der Waals surface area contributed by atoms with Crippen molar-refractivity contribution in [1.29, 1.82) is 0 Å². The maximum absolute atomic E-state index is 12.7. The van der Waals surface area contributed by atoms with Crippen LogP contribution in [0.3, 0.4) is 0 Å². The van der Waals surface area contributed by atoms with Gasteiger partial charge in [0.25, 0.3) is 0 Å². The molecule has 0 bridgehead atoms. The van der Waals surface area contributed by atoms with Gasteiger partial charge in [-0.15, -0.1) is 22.0 Å².